The smallest absolute Gasteiger partial charge is 0.323 e. The molecule has 7 rings (SSSR count). The Labute approximate surface area is 317 Å². The van der Waals surface area contributed by atoms with E-state index in [-0.39, 0.29) is 38.5 Å². The van der Waals surface area contributed by atoms with Crippen molar-refractivity contribution in [1.82, 2.24) is 18.5 Å². The van der Waals surface area contributed by atoms with Crippen LogP contribution in [0.25, 0.3) is 21.8 Å². The standard InChI is InChI=1S/C31H22N4O12S6/c36-20(37)11-32-26(42)17(7-8-18-35(10-9-19(35)53(45,46)47)23-15-4-2-1-3-14(15)5-6-16(23)49-18)50-29(32)24-27(43)33(12-21(38)39)30(51-24)25-28(44)34(13-22(40)41)31(48)52-25/h1-8,19H,9-13H2,(H3-,36,37,38,39,40,41,45,46,47)/p+1/b17-7?,18-8?,29-24+,30-25+. The third-order valence-electron chi connectivity index (χ3n) is 8.72. The van der Waals surface area contributed by atoms with Gasteiger partial charge >= 0.3 is 28.0 Å². The second-order valence-electron chi connectivity index (χ2n) is 11.8. The molecular formula is C31H23N4O12S6+. The number of amides is 1. The Morgan fingerprint density at radius 2 is 1.53 bits per heavy atom. The highest BCUT2D eigenvalue weighted by molar-refractivity contribution is 8.30. The van der Waals surface area contributed by atoms with E-state index in [1.165, 1.54) is 23.9 Å². The molecule has 4 aromatic rings. The zero-order chi connectivity index (χ0) is 38.1. The lowest BCUT2D eigenvalue weighted by Crippen LogP contribution is -2.66. The Kier molecular flexibility index (Phi) is 9.38. The molecule has 2 atom stereocenters. The van der Waals surface area contributed by atoms with Crippen LogP contribution in [0, 0.1) is 9.20 Å². The molecule has 1 amide bonds. The van der Waals surface area contributed by atoms with Crippen molar-refractivity contribution in [2.24, 2.45) is 0 Å². The number of carbonyl (C=O) groups excluding carboxylic acids is 1. The Hall–Kier alpha value is -4.42. The normalized spacial score (nSPS) is 22.6. The first-order valence-electron chi connectivity index (χ1n) is 15.2. The van der Waals surface area contributed by atoms with Crippen molar-refractivity contribution < 1.29 is 47.5 Å². The summed E-state index contributed by atoms with van der Waals surface area (Å²) in [7, 11) is -4.55. The number of thiazole rings is 2. The molecule has 0 radical (unpaired) electrons. The lowest BCUT2D eigenvalue weighted by Gasteiger charge is -2.47. The molecule has 2 aromatic carbocycles. The molecule has 4 N–H and O–H groups in total. The molecule has 3 aliphatic heterocycles. The van der Waals surface area contributed by atoms with Crippen LogP contribution < -0.4 is 24.8 Å². The predicted molar refractivity (Wildman–Crippen MR) is 201 cm³/mol. The number of aromatic nitrogens is 2. The van der Waals surface area contributed by atoms with Crippen LogP contribution in [-0.2, 0) is 42.4 Å². The maximum absolute atomic E-state index is 13.8. The minimum absolute atomic E-state index is 0.0517. The van der Waals surface area contributed by atoms with Crippen LogP contribution in [0.5, 0.6) is 0 Å². The fraction of sp³-hybridized carbons (Fsp3) is 0.194. The summed E-state index contributed by atoms with van der Waals surface area (Å²) in [4.78, 5) is 77.3. The number of thiocarbonyl (C=S) groups is 1. The molecule has 5 heterocycles. The lowest BCUT2D eigenvalue weighted by molar-refractivity contribution is -0.140. The third-order valence-corrected chi connectivity index (χ3v) is 15.3. The first kappa shape index (κ1) is 36.9. The van der Waals surface area contributed by atoms with Gasteiger partial charge in [0.2, 0.25) is 5.37 Å². The van der Waals surface area contributed by atoms with Crippen molar-refractivity contribution in [2.75, 3.05) is 13.1 Å². The molecule has 16 nitrogen and oxygen atoms in total. The molecule has 0 saturated carbocycles. The van der Waals surface area contributed by atoms with E-state index >= 15 is 0 Å². The van der Waals surface area contributed by atoms with Gasteiger partial charge in [-0.1, -0.05) is 48.2 Å². The molecule has 3 aliphatic rings. The molecule has 2 unspecified atom stereocenters. The number of allylic oxidation sites excluding steroid dienone is 1. The number of thioether (sulfide) groups is 2. The van der Waals surface area contributed by atoms with E-state index in [1.807, 2.05) is 36.4 Å². The third kappa shape index (κ3) is 6.17. The monoisotopic (exact) mass is 835 g/mol. The first-order valence-corrected chi connectivity index (χ1v) is 20.3. The highest BCUT2D eigenvalue weighted by Crippen LogP contribution is 2.59. The second-order valence-corrected chi connectivity index (χ2v) is 18.1. The van der Waals surface area contributed by atoms with Gasteiger partial charge in [-0.2, -0.15) is 8.42 Å². The summed E-state index contributed by atoms with van der Waals surface area (Å²) in [5.74, 6) is -5.13. The van der Waals surface area contributed by atoms with E-state index in [9.17, 15) is 57.1 Å². The first-order chi connectivity index (χ1) is 25.0. The minimum atomic E-state index is -4.55. The predicted octanol–water partition coefficient (Wildman–Crippen LogP) is 1.15. The quantitative estimate of drug-likeness (QED) is 0.111. The number of nitrogens with zero attached hydrogens (tertiary/aromatic N) is 4. The molecule has 53 heavy (non-hydrogen) atoms. The Morgan fingerprint density at radius 1 is 0.868 bits per heavy atom. The number of carboxylic acid groups (broad SMARTS) is 3. The summed E-state index contributed by atoms with van der Waals surface area (Å²) in [5, 5.41) is 29.5. The summed E-state index contributed by atoms with van der Waals surface area (Å²) >= 11 is 8.44. The van der Waals surface area contributed by atoms with Crippen molar-refractivity contribution in [3.63, 3.8) is 0 Å². The van der Waals surface area contributed by atoms with Crippen molar-refractivity contribution in [3.05, 3.63) is 86.6 Å². The average molecular weight is 836 g/mol. The Balaban J connectivity index is 1.48. The minimum Gasteiger partial charge on any atom is -0.480 e. The number of benzene rings is 2. The largest absolute Gasteiger partial charge is 0.480 e. The fourth-order valence-corrected chi connectivity index (χ4v) is 12.8. The van der Waals surface area contributed by atoms with E-state index in [2.05, 4.69) is 0 Å². The number of quaternary nitrogens is 1. The molecule has 1 spiro atoms. The van der Waals surface area contributed by atoms with E-state index in [4.69, 9.17) is 12.2 Å². The van der Waals surface area contributed by atoms with Crippen LogP contribution in [0.4, 0.5) is 5.69 Å². The van der Waals surface area contributed by atoms with Gasteiger partial charge in [-0.3, -0.25) is 47.4 Å². The molecular weight excluding hydrogens is 813 g/mol. The summed E-state index contributed by atoms with van der Waals surface area (Å²) in [6, 6.07) is 11.1. The number of aliphatic carboxylic acids is 3. The van der Waals surface area contributed by atoms with Gasteiger partial charge < -0.3 is 15.3 Å². The highest BCUT2D eigenvalue weighted by Gasteiger charge is 2.62. The van der Waals surface area contributed by atoms with Gasteiger partial charge in [0, 0.05) is 11.5 Å². The van der Waals surface area contributed by atoms with Gasteiger partial charge in [-0.05, 0) is 35.4 Å². The molecule has 2 aromatic heterocycles. The Morgan fingerprint density at radius 3 is 2.15 bits per heavy atom. The number of carbonyl (C=O) groups is 4. The zero-order valence-corrected chi connectivity index (χ0v) is 31.4. The van der Waals surface area contributed by atoms with E-state index in [1.54, 1.807) is 0 Å². The van der Waals surface area contributed by atoms with Gasteiger partial charge in [-0.25, -0.2) is 4.48 Å². The maximum Gasteiger partial charge on any atom is 0.323 e. The number of rotatable bonds is 8. The van der Waals surface area contributed by atoms with Crippen molar-refractivity contribution in [1.29, 1.82) is 0 Å². The molecule has 2 fully saturated rings. The van der Waals surface area contributed by atoms with E-state index < -0.39 is 70.1 Å². The van der Waals surface area contributed by atoms with Crippen molar-refractivity contribution >= 4 is 124 Å². The average Bonchev–Trinajstić information content (AvgIpc) is 3.75. The molecule has 2 saturated heterocycles. The SMILES string of the molecule is O=C(O)CN1C(=O)/C(=c2\s/c(=c3/sc(=CC=C4Sc5ccc6ccccc6c5[N+]45CCC5S(=O)(=O)O)c(=O)n3CC(=O)O)c(=O)n2CC(=O)O)SC1=S. The van der Waals surface area contributed by atoms with Crippen molar-refractivity contribution in [3.8, 4) is 0 Å². The van der Waals surface area contributed by atoms with Crippen LogP contribution in [-0.4, -0.2) is 88.9 Å². The van der Waals surface area contributed by atoms with Gasteiger partial charge in [0.1, 0.15) is 42.7 Å². The molecule has 274 valence electrons. The summed E-state index contributed by atoms with van der Waals surface area (Å²) in [6.07, 6.45) is 3.07. The summed E-state index contributed by atoms with van der Waals surface area (Å²) < 4.78 is 36.3. The number of fused-ring (bicyclic) bond motifs is 4. The van der Waals surface area contributed by atoms with Gasteiger partial charge in [-0.15, -0.1) is 22.7 Å². The van der Waals surface area contributed by atoms with Gasteiger partial charge in [0.05, 0.1) is 22.4 Å². The van der Waals surface area contributed by atoms with Gasteiger partial charge in [0.15, 0.2) is 10.7 Å². The van der Waals surface area contributed by atoms with Crippen LogP contribution >= 0.6 is 58.4 Å². The topological polar surface area (TPSA) is 231 Å². The molecule has 0 aliphatic carbocycles. The van der Waals surface area contributed by atoms with Crippen LogP contribution in [0.3, 0.4) is 0 Å². The number of carboxylic acids is 3. The summed E-state index contributed by atoms with van der Waals surface area (Å²) in [6.45, 7) is -2.27. The molecule has 0 bridgehead atoms. The number of hydrogen-bond acceptors (Lipinski definition) is 13. The fourth-order valence-electron chi connectivity index (χ4n) is 6.50. The number of hydrogen-bond donors (Lipinski definition) is 4. The van der Waals surface area contributed by atoms with Gasteiger partial charge in [0.25, 0.3) is 17.0 Å². The Bertz CT molecular complexity index is 2860. The maximum atomic E-state index is 13.8. The van der Waals surface area contributed by atoms with Crippen molar-refractivity contribution in [2.45, 2.75) is 29.8 Å². The van der Waals surface area contributed by atoms with E-state index in [0.29, 0.717) is 40.4 Å². The van der Waals surface area contributed by atoms with Crippen LogP contribution in [0.2, 0.25) is 0 Å². The summed E-state index contributed by atoms with van der Waals surface area (Å²) in [5.41, 5.74) is -1.08. The van der Waals surface area contributed by atoms with Crippen LogP contribution in [0.1, 0.15) is 6.42 Å². The lowest BCUT2D eigenvalue weighted by atomic mass is 10.0. The molecule has 22 heteroatoms. The zero-order valence-electron chi connectivity index (χ0n) is 26.5. The highest BCUT2D eigenvalue weighted by atomic mass is 32.2. The van der Waals surface area contributed by atoms with Crippen LogP contribution in [0.15, 0.2) is 62.0 Å². The van der Waals surface area contributed by atoms with E-state index in [0.717, 1.165) is 41.0 Å². The second kappa shape index (κ2) is 13.5.